The number of carbonyl (C=O) groups excluding carboxylic acids is 1. The number of benzene rings is 1. The molecule has 0 spiro atoms. The molecular weight excluding hydrogens is 262 g/mol. The predicted molar refractivity (Wildman–Crippen MR) is 78.5 cm³/mol. The molecule has 3 nitrogen and oxygen atoms in total. The van der Waals surface area contributed by atoms with Crippen molar-refractivity contribution in [3.05, 3.63) is 29.8 Å². The Bertz CT molecular complexity index is 426. The zero-order valence-corrected chi connectivity index (χ0v) is 12.5. The molecule has 2 N–H and O–H groups in total. The quantitative estimate of drug-likeness (QED) is 0.816. The summed E-state index contributed by atoms with van der Waals surface area (Å²) in [6.45, 7) is 6.80. The normalized spacial score (nSPS) is 13.1. The summed E-state index contributed by atoms with van der Waals surface area (Å²) >= 11 is 6.18. The van der Waals surface area contributed by atoms with Gasteiger partial charge in [0.15, 0.2) is 0 Å². The summed E-state index contributed by atoms with van der Waals surface area (Å²) in [6, 6.07) is 6.84. The molecule has 106 valence electrons. The van der Waals surface area contributed by atoms with E-state index in [1.807, 2.05) is 0 Å². The zero-order valence-electron chi connectivity index (χ0n) is 11.7. The summed E-state index contributed by atoms with van der Waals surface area (Å²) in [4.78, 5) is 11.8. The second-order valence-electron chi connectivity index (χ2n) is 5.97. The van der Waals surface area contributed by atoms with Crippen LogP contribution in [0.15, 0.2) is 24.3 Å². The Morgan fingerprint density at radius 2 is 2.00 bits per heavy atom. The van der Waals surface area contributed by atoms with E-state index < -0.39 is 0 Å². The molecule has 0 heterocycles. The number of hydrogen-bond acceptors (Lipinski definition) is 2. The van der Waals surface area contributed by atoms with Gasteiger partial charge in [0, 0.05) is 12.1 Å². The number of alkyl halides is 1. The summed E-state index contributed by atoms with van der Waals surface area (Å²) in [6.07, 6.45) is 1.01. The van der Waals surface area contributed by atoms with Crippen molar-refractivity contribution < 1.29 is 9.90 Å². The molecule has 0 aromatic heterocycles. The topological polar surface area (TPSA) is 49.3 Å². The molecule has 0 bridgehead atoms. The third-order valence-corrected chi connectivity index (χ3v) is 3.01. The molecule has 1 aromatic rings. The molecule has 0 aliphatic heterocycles. The monoisotopic (exact) mass is 283 g/mol. The number of nitrogens with one attached hydrogen (secondary N) is 1. The van der Waals surface area contributed by atoms with Gasteiger partial charge in [-0.15, -0.1) is 11.6 Å². The summed E-state index contributed by atoms with van der Waals surface area (Å²) < 4.78 is 0. The third kappa shape index (κ3) is 6.48. The highest BCUT2D eigenvalue weighted by molar-refractivity contribution is 6.20. The fraction of sp³-hybridized carbons (Fsp3) is 0.533. The standard InChI is InChI=1S/C15H22ClNO2/c1-15(2,3)9-12(16)10-17-14(19)8-11-6-4-5-7-13(11)18/h4-7,12,18H,8-10H2,1-3H3,(H,17,19). The van der Waals surface area contributed by atoms with Crippen molar-refractivity contribution in [1.29, 1.82) is 0 Å². The van der Waals surface area contributed by atoms with Gasteiger partial charge in [0.1, 0.15) is 5.75 Å². The lowest BCUT2D eigenvalue weighted by Crippen LogP contribution is -2.32. The van der Waals surface area contributed by atoms with Crippen LogP contribution in [0.4, 0.5) is 0 Å². The van der Waals surface area contributed by atoms with E-state index >= 15 is 0 Å². The minimum absolute atomic E-state index is 0.0756. The molecule has 4 heteroatoms. The first-order valence-electron chi connectivity index (χ1n) is 6.45. The second kappa shape index (κ2) is 6.80. The van der Waals surface area contributed by atoms with Gasteiger partial charge in [-0.2, -0.15) is 0 Å². The lowest BCUT2D eigenvalue weighted by atomic mass is 9.90. The largest absolute Gasteiger partial charge is 0.508 e. The van der Waals surface area contributed by atoms with Crippen LogP contribution >= 0.6 is 11.6 Å². The van der Waals surface area contributed by atoms with E-state index in [-0.39, 0.29) is 28.9 Å². The minimum Gasteiger partial charge on any atom is -0.508 e. The van der Waals surface area contributed by atoms with Crippen LogP contribution < -0.4 is 5.32 Å². The van der Waals surface area contributed by atoms with Crippen molar-refractivity contribution in [3.63, 3.8) is 0 Å². The van der Waals surface area contributed by atoms with Gasteiger partial charge in [0.2, 0.25) is 5.91 Å². The Kier molecular flexibility index (Phi) is 5.67. The van der Waals surface area contributed by atoms with Crippen molar-refractivity contribution in [1.82, 2.24) is 5.32 Å². The molecule has 0 aliphatic rings. The molecule has 1 unspecified atom stereocenters. The van der Waals surface area contributed by atoms with Crippen LogP contribution in [0.1, 0.15) is 32.8 Å². The van der Waals surface area contributed by atoms with Gasteiger partial charge in [-0.1, -0.05) is 39.0 Å². The molecule has 0 aliphatic carbocycles. The number of amides is 1. The Morgan fingerprint density at radius 3 is 2.58 bits per heavy atom. The van der Waals surface area contributed by atoms with E-state index in [2.05, 4.69) is 26.1 Å². The number of rotatable bonds is 5. The average Bonchev–Trinajstić information content (AvgIpc) is 2.27. The maximum Gasteiger partial charge on any atom is 0.224 e. The van der Waals surface area contributed by atoms with E-state index in [9.17, 15) is 9.90 Å². The number of aromatic hydroxyl groups is 1. The Morgan fingerprint density at radius 1 is 1.37 bits per heavy atom. The minimum atomic E-state index is -0.124. The Labute approximate surface area is 120 Å². The molecular formula is C15H22ClNO2. The van der Waals surface area contributed by atoms with Crippen molar-refractivity contribution >= 4 is 17.5 Å². The first kappa shape index (κ1) is 15.8. The Hall–Kier alpha value is -1.22. The molecule has 0 fully saturated rings. The van der Waals surface area contributed by atoms with E-state index in [4.69, 9.17) is 11.6 Å². The average molecular weight is 284 g/mol. The van der Waals surface area contributed by atoms with Crippen LogP contribution in [0.25, 0.3) is 0 Å². The molecule has 0 radical (unpaired) electrons. The Balaban J connectivity index is 2.38. The fourth-order valence-electron chi connectivity index (χ4n) is 1.86. The fourth-order valence-corrected chi connectivity index (χ4v) is 2.40. The molecule has 0 saturated carbocycles. The highest BCUT2D eigenvalue weighted by atomic mass is 35.5. The van der Waals surface area contributed by atoms with Crippen molar-refractivity contribution in [2.24, 2.45) is 5.41 Å². The van der Waals surface area contributed by atoms with Crippen molar-refractivity contribution in [3.8, 4) is 5.75 Å². The molecule has 1 aromatic carbocycles. The highest BCUT2D eigenvalue weighted by Gasteiger charge is 2.17. The molecule has 0 saturated heterocycles. The lowest BCUT2D eigenvalue weighted by Gasteiger charge is -2.22. The first-order valence-corrected chi connectivity index (χ1v) is 6.89. The number of phenolic OH excluding ortho intramolecular Hbond substituents is 1. The van der Waals surface area contributed by atoms with Gasteiger partial charge in [-0.05, 0) is 17.9 Å². The molecule has 1 rings (SSSR count). The number of halogens is 1. The third-order valence-electron chi connectivity index (χ3n) is 2.70. The number of hydrogen-bond donors (Lipinski definition) is 2. The van der Waals surface area contributed by atoms with Gasteiger partial charge in [-0.3, -0.25) is 4.79 Å². The van der Waals surface area contributed by atoms with Crippen LogP contribution in [-0.4, -0.2) is 22.9 Å². The summed E-state index contributed by atoms with van der Waals surface area (Å²) in [7, 11) is 0. The summed E-state index contributed by atoms with van der Waals surface area (Å²) in [5.74, 6) is 0.0239. The van der Waals surface area contributed by atoms with Crippen molar-refractivity contribution in [2.45, 2.75) is 39.0 Å². The second-order valence-corrected chi connectivity index (χ2v) is 6.59. The van der Waals surface area contributed by atoms with Crippen LogP contribution in [0.2, 0.25) is 0 Å². The predicted octanol–water partition coefficient (Wildman–Crippen LogP) is 3.09. The molecule has 1 atom stereocenters. The number of phenols is 1. The van der Waals surface area contributed by atoms with Gasteiger partial charge >= 0.3 is 0 Å². The molecule has 1 amide bonds. The van der Waals surface area contributed by atoms with Crippen LogP contribution in [0, 0.1) is 5.41 Å². The van der Waals surface area contributed by atoms with Crippen molar-refractivity contribution in [2.75, 3.05) is 6.54 Å². The maximum absolute atomic E-state index is 11.8. The summed E-state index contributed by atoms with van der Waals surface area (Å²) in [5, 5.41) is 12.3. The van der Waals surface area contributed by atoms with E-state index in [0.29, 0.717) is 12.1 Å². The molecule has 19 heavy (non-hydrogen) atoms. The van der Waals surface area contributed by atoms with Gasteiger partial charge < -0.3 is 10.4 Å². The maximum atomic E-state index is 11.8. The van der Waals surface area contributed by atoms with Gasteiger partial charge in [0.05, 0.1) is 11.8 Å². The van der Waals surface area contributed by atoms with E-state index in [0.717, 1.165) is 6.42 Å². The number of para-hydroxylation sites is 1. The van der Waals surface area contributed by atoms with Gasteiger partial charge in [-0.25, -0.2) is 0 Å². The number of carbonyl (C=O) groups is 1. The van der Waals surface area contributed by atoms with Crippen LogP contribution in [-0.2, 0) is 11.2 Å². The highest BCUT2D eigenvalue weighted by Crippen LogP contribution is 2.23. The zero-order chi connectivity index (χ0) is 14.5. The first-order chi connectivity index (χ1) is 8.78. The van der Waals surface area contributed by atoms with E-state index in [1.54, 1.807) is 24.3 Å². The smallest absolute Gasteiger partial charge is 0.224 e. The SMILES string of the molecule is CC(C)(C)CC(Cl)CNC(=O)Cc1ccccc1O. The summed E-state index contributed by atoms with van der Waals surface area (Å²) in [5.41, 5.74) is 0.774. The lowest BCUT2D eigenvalue weighted by molar-refractivity contribution is -0.120. The van der Waals surface area contributed by atoms with Gasteiger partial charge in [0.25, 0.3) is 0 Å². The van der Waals surface area contributed by atoms with Crippen LogP contribution in [0.3, 0.4) is 0 Å². The van der Waals surface area contributed by atoms with Crippen LogP contribution in [0.5, 0.6) is 5.75 Å². The van der Waals surface area contributed by atoms with E-state index in [1.165, 1.54) is 0 Å².